The van der Waals surface area contributed by atoms with Crippen LogP contribution in [0.3, 0.4) is 0 Å². The second-order valence-corrected chi connectivity index (χ2v) is 7.34. The van der Waals surface area contributed by atoms with Gasteiger partial charge in [-0.15, -0.1) is 0 Å². The minimum absolute atomic E-state index is 0.358. The number of nitrogens with two attached hydrogens (primary N) is 1. The molecule has 1 rings (SSSR count). The van der Waals surface area contributed by atoms with Crippen molar-refractivity contribution in [2.45, 2.75) is 78.3 Å². The Balaban J connectivity index is 2.34. The van der Waals surface area contributed by atoms with Crippen molar-refractivity contribution in [3.05, 3.63) is 0 Å². The molecule has 114 valence electrons. The fourth-order valence-corrected chi connectivity index (χ4v) is 3.29. The molecule has 1 aliphatic rings. The van der Waals surface area contributed by atoms with Gasteiger partial charge in [-0.05, 0) is 57.0 Å². The molecule has 2 N–H and O–H groups in total. The molecular weight excluding hydrogens is 232 g/mol. The van der Waals surface area contributed by atoms with Crippen molar-refractivity contribution in [3.63, 3.8) is 0 Å². The largest absolute Gasteiger partial charge is 0.327 e. The number of nitrogens with zero attached hydrogens (tertiary/aromatic N) is 1. The molecule has 3 unspecified atom stereocenters. The lowest BCUT2D eigenvalue weighted by Gasteiger charge is -2.29. The Morgan fingerprint density at radius 1 is 1.05 bits per heavy atom. The minimum atomic E-state index is 0.358. The summed E-state index contributed by atoms with van der Waals surface area (Å²) in [6, 6.07) is 1.15. The van der Waals surface area contributed by atoms with Crippen LogP contribution in [0.25, 0.3) is 0 Å². The topological polar surface area (TPSA) is 29.3 Å². The molecule has 0 bridgehead atoms. The molecule has 0 spiro atoms. The predicted octanol–water partition coefficient (Wildman–Crippen LogP) is 3.90. The molecular formula is C17H36N2. The summed E-state index contributed by atoms with van der Waals surface area (Å²) in [5.41, 5.74) is 6.16. The van der Waals surface area contributed by atoms with E-state index in [0.29, 0.717) is 12.0 Å². The van der Waals surface area contributed by atoms with Crippen LogP contribution in [-0.4, -0.2) is 30.6 Å². The molecule has 1 saturated carbocycles. The van der Waals surface area contributed by atoms with Crippen LogP contribution in [0.5, 0.6) is 0 Å². The van der Waals surface area contributed by atoms with Gasteiger partial charge < -0.3 is 10.6 Å². The second kappa shape index (κ2) is 8.26. The van der Waals surface area contributed by atoms with Gasteiger partial charge in [-0.3, -0.25) is 0 Å². The summed E-state index contributed by atoms with van der Waals surface area (Å²) < 4.78 is 0. The molecule has 1 fully saturated rings. The van der Waals surface area contributed by atoms with Crippen LogP contribution in [0.4, 0.5) is 0 Å². The highest BCUT2D eigenvalue weighted by Gasteiger charge is 2.23. The van der Waals surface area contributed by atoms with Crippen LogP contribution in [-0.2, 0) is 0 Å². The van der Waals surface area contributed by atoms with Crippen LogP contribution in [0.1, 0.15) is 66.2 Å². The molecule has 0 aromatic heterocycles. The maximum Gasteiger partial charge on any atom is 0.00923 e. The van der Waals surface area contributed by atoms with Gasteiger partial charge >= 0.3 is 0 Å². The molecule has 1 aliphatic carbocycles. The smallest absolute Gasteiger partial charge is 0.00923 e. The van der Waals surface area contributed by atoms with Gasteiger partial charge in [0.15, 0.2) is 0 Å². The van der Waals surface area contributed by atoms with Crippen LogP contribution < -0.4 is 5.73 Å². The predicted molar refractivity (Wildman–Crippen MR) is 85.3 cm³/mol. The molecule has 0 aliphatic heterocycles. The summed E-state index contributed by atoms with van der Waals surface area (Å²) in [6.07, 6.45) is 8.18. The van der Waals surface area contributed by atoms with Gasteiger partial charge in [0.25, 0.3) is 0 Å². The number of hydrogen-bond donors (Lipinski definition) is 1. The molecule has 2 nitrogen and oxygen atoms in total. The van der Waals surface area contributed by atoms with E-state index in [0.717, 1.165) is 30.8 Å². The summed E-state index contributed by atoms with van der Waals surface area (Å²) in [4.78, 5) is 2.57. The molecule has 0 aromatic rings. The number of rotatable bonds is 6. The van der Waals surface area contributed by atoms with Crippen molar-refractivity contribution in [3.8, 4) is 0 Å². The molecule has 2 heteroatoms. The van der Waals surface area contributed by atoms with Crippen LogP contribution in [0.15, 0.2) is 0 Å². The lowest BCUT2D eigenvalue weighted by atomic mass is 9.89. The average molecular weight is 268 g/mol. The maximum absolute atomic E-state index is 6.16. The van der Waals surface area contributed by atoms with E-state index in [1.54, 1.807) is 0 Å². The van der Waals surface area contributed by atoms with Gasteiger partial charge in [0.2, 0.25) is 0 Å². The Labute approximate surface area is 121 Å². The summed E-state index contributed by atoms with van der Waals surface area (Å²) in [7, 11) is 2.30. The van der Waals surface area contributed by atoms with Crippen LogP contribution in [0, 0.1) is 17.8 Å². The highest BCUT2D eigenvalue weighted by atomic mass is 15.1. The van der Waals surface area contributed by atoms with E-state index in [2.05, 4.69) is 39.6 Å². The number of hydrogen-bond acceptors (Lipinski definition) is 2. The van der Waals surface area contributed by atoms with Crippen molar-refractivity contribution in [2.75, 3.05) is 13.6 Å². The molecule has 19 heavy (non-hydrogen) atoms. The van der Waals surface area contributed by atoms with Gasteiger partial charge in [-0.1, -0.05) is 40.5 Å². The van der Waals surface area contributed by atoms with E-state index in [1.165, 1.54) is 32.1 Å². The molecule has 0 amide bonds. The highest BCUT2D eigenvalue weighted by molar-refractivity contribution is 4.78. The minimum Gasteiger partial charge on any atom is -0.327 e. The standard InChI is InChI=1S/C17H36N2/c1-13(2)15-7-6-8-16(10-9-15)19(5)12-11-17(18)14(3)4/h13-17H,6-12,18H2,1-5H3. The SMILES string of the molecule is CC(C)C(N)CCN(C)C1CCCC(C(C)C)CC1. The van der Waals surface area contributed by atoms with E-state index in [9.17, 15) is 0 Å². The molecule has 0 heterocycles. The van der Waals surface area contributed by atoms with Gasteiger partial charge in [-0.2, -0.15) is 0 Å². The normalized spacial score (nSPS) is 27.0. The Kier molecular flexibility index (Phi) is 7.38. The van der Waals surface area contributed by atoms with Crippen molar-refractivity contribution in [1.82, 2.24) is 4.90 Å². The zero-order chi connectivity index (χ0) is 14.4. The third-order valence-corrected chi connectivity index (χ3v) is 5.22. The Morgan fingerprint density at radius 2 is 1.74 bits per heavy atom. The average Bonchev–Trinajstić information content (AvgIpc) is 2.60. The zero-order valence-electron chi connectivity index (χ0n) is 13.9. The lowest BCUT2D eigenvalue weighted by Crippen LogP contribution is -2.36. The molecule has 0 aromatic carbocycles. The van der Waals surface area contributed by atoms with E-state index < -0.39 is 0 Å². The highest BCUT2D eigenvalue weighted by Crippen LogP contribution is 2.30. The first-order valence-corrected chi connectivity index (χ1v) is 8.37. The van der Waals surface area contributed by atoms with Crippen molar-refractivity contribution < 1.29 is 0 Å². The molecule has 0 radical (unpaired) electrons. The van der Waals surface area contributed by atoms with Crippen LogP contribution >= 0.6 is 0 Å². The Hall–Kier alpha value is -0.0800. The summed E-state index contributed by atoms with van der Waals surface area (Å²) in [6.45, 7) is 10.4. The maximum atomic E-state index is 6.16. The lowest BCUT2D eigenvalue weighted by molar-refractivity contribution is 0.205. The fourth-order valence-electron chi connectivity index (χ4n) is 3.29. The Bertz CT molecular complexity index is 237. The second-order valence-electron chi connectivity index (χ2n) is 7.34. The third-order valence-electron chi connectivity index (χ3n) is 5.22. The quantitative estimate of drug-likeness (QED) is 0.740. The van der Waals surface area contributed by atoms with Crippen LogP contribution in [0.2, 0.25) is 0 Å². The van der Waals surface area contributed by atoms with Gasteiger partial charge in [0.1, 0.15) is 0 Å². The zero-order valence-corrected chi connectivity index (χ0v) is 13.9. The van der Waals surface area contributed by atoms with E-state index in [1.807, 2.05) is 0 Å². The summed E-state index contributed by atoms with van der Waals surface area (Å²) in [5, 5.41) is 0. The third kappa shape index (κ3) is 5.83. The van der Waals surface area contributed by atoms with E-state index in [4.69, 9.17) is 5.73 Å². The first-order valence-electron chi connectivity index (χ1n) is 8.37. The van der Waals surface area contributed by atoms with Gasteiger partial charge in [-0.25, -0.2) is 0 Å². The first kappa shape index (κ1) is 17.0. The molecule has 0 saturated heterocycles. The van der Waals surface area contributed by atoms with E-state index in [-0.39, 0.29) is 0 Å². The van der Waals surface area contributed by atoms with Crippen molar-refractivity contribution in [2.24, 2.45) is 23.5 Å². The van der Waals surface area contributed by atoms with Gasteiger partial charge in [0.05, 0.1) is 0 Å². The summed E-state index contributed by atoms with van der Waals surface area (Å²) >= 11 is 0. The summed E-state index contributed by atoms with van der Waals surface area (Å²) in [5.74, 6) is 2.42. The molecule has 3 atom stereocenters. The monoisotopic (exact) mass is 268 g/mol. The van der Waals surface area contributed by atoms with Crippen molar-refractivity contribution in [1.29, 1.82) is 0 Å². The first-order chi connectivity index (χ1) is 8.91. The Morgan fingerprint density at radius 3 is 2.32 bits per heavy atom. The van der Waals surface area contributed by atoms with E-state index >= 15 is 0 Å². The fraction of sp³-hybridized carbons (Fsp3) is 1.00. The van der Waals surface area contributed by atoms with Gasteiger partial charge in [0, 0.05) is 12.1 Å². The van der Waals surface area contributed by atoms with Crippen molar-refractivity contribution >= 4 is 0 Å².